The van der Waals surface area contributed by atoms with Crippen molar-refractivity contribution in [2.75, 3.05) is 18.1 Å². The second-order valence-electron chi connectivity index (χ2n) is 7.62. The van der Waals surface area contributed by atoms with Crippen molar-refractivity contribution < 1.29 is 28.7 Å². The monoisotopic (exact) mass is 437 g/mol. The smallest absolute Gasteiger partial charge is 0.327 e. The van der Waals surface area contributed by atoms with Gasteiger partial charge in [0, 0.05) is 19.1 Å². The fourth-order valence-corrected chi connectivity index (χ4v) is 4.61. The Labute approximate surface area is 178 Å². The highest BCUT2D eigenvalue weighted by Crippen LogP contribution is 2.33. The molecule has 8 nitrogen and oxygen atoms in total. The average molecular weight is 437 g/mol. The van der Waals surface area contributed by atoms with Gasteiger partial charge in [-0.25, -0.2) is 9.18 Å². The van der Waals surface area contributed by atoms with E-state index in [-0.39, 0.29) is 24.0 Å². The van der Waals surface area contributed by atoms with Crippen LogP contribution < -0.4 is 0 Å². The summed E-state index contributed by atoms with van der Waals surface area (Å²) < 4.78 is 13.6. The number of aliphatic carboxylic acids is 1. The van der Waals surface area contributed by atoms with Crippen LogP contribution >= 0.6 is 11.8 Å². The first kappa shape index (κ1) is 22.1. The number of urea groups is 1. The molecule has 2 aliphatic rings. The van der Waals surface area contributed by atoms with E-state index in [1.807, 2.05) is 0 Å². The maximum absolute atomic E-state index is 13.6. The Kier molecular flexibility index (Phi) is 6.64. The van der Waals surface area contributed by atoms with E-state index in [1.54, 1.807) is 30.9 Å². The number of amides is 4. The van der Waals surface area contributed by atoms with Crippen molar-refractivity contribution >= 4 is 35.6 Å². The van der Waals surface area contributed by atoms with Gasteiger partial charge in [-0.3, -0.25) is 19.3 Å². The Morgan fingerprint density at radius 2 is 2.00 bits per heavy atom. The molecule has 0 aliphatic carbocycles. The third-order valence-corrected chi connectivity index (χ3v) is 6.14. The van der Waals surface area contributed by atoms with E-state index < -0.39 is 41.9 Å². The summed E-state index contributed by atoms with van der Waals surface area (Å²) in [4.78, 5) is 53.7. The van der Waals surface area contributed by atoms with Gasteiger partial charge in [0.1, 0.15) is 11.9 Å². The summed E-state index contributed by atoms with van der Waals surface area (Å²) in [6.45, 7) is 3.87. The number of halogens is 1. The molecule has 0 spiro atoms. The number of hydrogen-bond donors (Lipinski definition) is 1. The van der Waals surface area contributed by atoms with E-state index in [4.69, 9.17) is 5.11 Å². The second kappa shape index (κ2) is 9.03. The molecule has 2 saturated heterocycles. The van der Waals surface area contributed by atoms with E-state index >= 15 is 0 Å². The zero-order chi connectivity index (χ0) is 22.0. The first-order valence-electron chi connectivity index (χ1n) is 9.67. The summed E-state index contributed by atoms with van der Waals surface area (Å²) in [5.74, 6) is -2.44. The number of rotatable bonds is 7. The van der Waals surface area contributed by atoms with Crippen molar-refractivity contribution in [1.82, 2.24) is 14.7 Å². The molecule has 3 rings (SSSR count). The second-order valence-corrected chi connectivity index (χ2v) is 8.60. The van der Waals surface area contributed by atoms with Gasteiger partial charge in [-0.15, -0.1) is 11.8 Å². The van der Waals surface area contributed by atoms with Crippen molar-refractivity contribution in [1.29, 1.82) is 0 Å². The quantitative estimate of drug-likeness (QED) is 0.698. The first-order chi connectivity index (χ1) is 14.2. The molecule has 0 aromatic heterocycles. The van der Waals surface area contributed by atoms with E-state index in [0.717, 1.165) is 16.7 Å². The zero-order valence-corrected chi connectivity index (χ0v) is 17.6. The molecule has 0 saturated carbocycles. The molecular weight excluding hydrogens is 413 g/mol. The highest BCUT2D eigenvalue weighted by Gasteiger charge is 2.53. The van der Waals surface area contributed by atoms with Crippen molar-refractivity contribution in [3.05, 3.63) is 35.6 Å². The lowest BCUT2D eigenvalue weighted by molar-refractivity contribution is -0.146. The van der Waals surface area contributed by atoms with Crippen LogP contribution in [0.2, 0.25) is 0 Å². The Morgan fingerprint density at radius 1 is 1.27 bits per heavy atom. The standard InChI is InChI=1S/C20H24FN3O5S/c1-12(2)24-19(28)18-15(6-7-22(18)16(25)10-30-11-17(26)27)23(20(24)29)9-13-4-3-5-14(21)8-13/h3-5,8,12,15,18H,6-7,9-11H2,1-2H3,(H,26,27)/t15-,18+/m1/s1. The number of carbonyl (C=O) groups excluding carboxylic acids is 3. The predicted octanol–water partition coefficient (Wildman–Crippen LogP) is 1.79. The average Bonchev–Trinajstić information content (AvgIpc) is 3.10. The van der Waals surface area contributed by atoms with Crippen molar-refractivity contribution in [3.8, 4) is 0 Å². The van der Waals surface area contributed by atoms with Crippen molar-refractivity contribution in [2.45, 2.75) is 44.9 Å². The minimum absolute atomic E-state index is 0.0533. The number of carbonyl (C=O) groups is 4. The predicted molar refractivity (Wildman–Crippen MR) is 108 cm³/mol. The summed E-state index contributed by atoms with van der Waals surface area (Å²) in [7, 11) is 0. The first-order valence-corrected chi connectivity index (χ1v) is 10.8. The SMILES string of the molecule is CC(C)N1C(=O)[C@@H]2[C@@H](CCN2C(=O)CSCC(=O)O)N(Cc2cccc(F)c2)C1=O. The molecule has 4 amide bonds. The number of hydrogen-bond acceptors (Lipinski definition) is 5. The fourth-order valence-electron chi connectivity index (χ4n) is 4.00. The van der Waals surface area contributed by atoms with Gasteiger partial charge in [-0.2, -0.15) is 0 Å². The van der Waals surface area contributed by atoms with Crippen molar-refractivity contribution in [3.63, 3.8) is 0 Å². The van der Waals surface area contributed by atoms with Gasteiger partial charge < -0.3 is 14.9 Å². The number of carboxylic acid groups (broad SMARTS) is 1. The Balaban J connectivity index is 1.85. The number of fused-ring (bicyclic) bond motifs is 1. The zero-order valence-electron chi connectivity index (χ0n) is 16.8. The number of benzene rings is 1. The van der Waals surface area contributed by atoms with Crippen LogP contribution in [0, 0.1) is 5.82 Å². The van der Waals surface area contributed by atoms with Crippen LogP contribution in [0.3, 0.4) is 0 Å². The summed E-state index contributed by atoms with van der Waals surface area (Å²) in [6, 6.07) is 3.76. The summed E-state index contributed by atoms with van der Waals surface area (Å²) in [5.41, 5.74) is 0.599. The minimum Gasteiger partial charge on any atom is -0.481 e. The molecule has 0 bridgehead atoms. The molecule has 0 radical (unpaired) electrons. The summed E-state index contributed by atoms with van der Waals surface area (Å²) in [5, 5.41) is 8.76. The number of carboxylic acids is 1. The Hall–Kier alpha value is -2.62. The van der Waals surface area contributed by atoms with Crippen LogP contribution in [0.1, 0.15) is 25.8 Å². The van der Waals surface area contributed by atoms with Crippen LogP contribution in [0.5, 0.6) is 0 Å². The normalized spacial score (nSPS) is 21.4. The number of likely N-dealkylation sites (tertiary alicyclic amines) is 1. The molecule has 1 aromatic carbocycles. The van der Waals surface area contributed by atoms with Gasteiger partial charge in [0.25, 0.3) is 5.91 Å². The molecule has 1 N–H and O–H groups in total. The van der Waals surface area contributed by atoms with Crippen LogP contribution in [0.4, 0.5) is 9.18 Å². The fraction of sp³-hybridized carbons (Fsp3) is 0.500. The van der Waals surface area contributed by atoms with Gasteiger partial charge in [0.05, 0.1) is 17.5 Å². The molecule has 2 aliphatic heterocycles. The Morgan fingerprint density at radius 3 is 2.63 bits per heavy atom. The van der Waals surface area contributed by atoms with Crippen LogP contribution in [-0.2, 0) is 20.9 Å². The molecule has 2 atom stereocenters. The molecule has 1 aromatic rings. The minimum atomic E-state index is -1.02. The van der Waals surface area contributed by atoms with Crippen LogP contribution in [-0.4, -0.2) is 79.8 Å². The molecule has 2 heterocycles. The summed E-state index contributed by atoms with van der Waals surface area (Å²) in [6.07, 6.45) is 0.429. The third kappa shape index (κ3) is 4.43. The highest BCUT2D eigenvalue weighted by molar-refractivity contribution is 8.00. The van der Waals surface area contributed by atoms with Gasteiger partial charge in [0.2, 0.25) is 5.91 Å². The molecule has 10 heteroatoms. The molecule has 30 heavy (non-hydrogen) atoms. The largest absolute Gasteiger partial charge is 0.481 e. The molecule has 2 fully saturated rings. The maximum Gasteiger partial charge on any atom is 0.327 e. The maximum atomic E-state index is 13.6. The lowest BCUT2D eigenvalue weighted by Crippen LogP contribution is -2.67. The lowest BCUT2D eigenvalue weighted by Gasteiger charge is -2.45. The number of nitrogens with zero attached hydrogens (tertiary/aromatic N) is 3. The number of thioether (sulfide) groups is 1. The summed E-state index contributed by atoms with van der Waals surface area (Å²) >= 11 is 0.972. The van der Waals surface area contributed by atoms with Crippen LogP contribution in [0.15, 0.2) is 24.3 Å². The van der Waals surface area contributed by atoms with E-state index in [0.29, 0.717) is 18.5 Å². The highest BCUT2D eigenvalue weighted by atomic mass is 32.2. The van der Waals surface area contributed by atoms with E-state index in [1.165, 1.54) is 17.0 Å². The van der Waals surface area contributed by atoms with Gasteiger partial charge in [-0.1, -0.05) is 12.1 Å². The third-order valence-electron chi connectivity index (χ3n) is 5.24. The van der Waals surface area contributed by atoms with Crippen LogP contribution in [0.25, 0.3) is 0 Å². The Bertz CT molecular complexity index is 865. The van der Waals surface area contributed by atoms with Gasteiger partial charge in [0.15, 0.2) is 0 Å². The van der Waals surface area contributed by atoms with Crippen molar-refractivity contribution in [2.24, 2.45) is 0 Å². The molecular formula is C20H24FN3O5S. The van der Waals surface area contributed by atoms with Gasteiger partial charge in [-0.05, 0) is 38.0 Å². The molecule has 162 valence electrons. The lowest BCUT2D eigenvalue weighted by atomic mass is 10.0. The topological polar surface area (TPSA) is 98.2 Å². The van der Waals surface area contributed by atoms with Gasteiger partial charge >= 0.3 is 12.0 Å². The van der Waals surface area contributed by atoms with E-state index in [9.17, 15) is 23.6 Å². The number of imide groups is 1. The molecule has 0 unspecified atom stereocenters. The van der Waals surface area contributed by atoms with E-state index in [2.05, 4.69) is 0 Å².